The maximum atomic E-state index is 13.5. The number of aldehydes is 1. The van der Waals surface area contributed by atoms with E-state index in [-0.39, 0.29) is 16.8 Å². The standard InChI is InChI=1S/C12H7F2NO2/c13-9-3-1-2-8(12(9)14)7-4-5-11(17)15-10(7)6-16/h1-6H,(H,15,17). The normalized spacial score (nSPS) is 10.2. The number of nitrogens with one attached hydrogen (secondary N) is 1. The molecule has 1 N–H and O–H groups in total. The maximum Gasteiger partial charge on any atom is 0.248 e. The Morgan fingerprint density at radius 3 is 2.53 bits per heavy atom. The minimum atomic E-state index is -1.05. The first kappa shape index (κ1) is 11.2. The first-order valence-corrected chi connectivity index (χ1v) is 4.76. The van der Waals surface area contributed by atoms with Crippen molar-refractivity contribution in [1.29, 1.82) is 0 Å². The molecular weight excluding hydrogens is 228 g/mol. The Labute approximate surface area is 94.7 Å². The van der Waals surface area contributed by atoms with Gasteiger partial charge in [0, 0.05) is 17.2 Å². The fourth-order valence-corrected chi connectivity index (χ4v) is 1.53. The highest BCUT2D eigenvalue weighted by molar-refractivity contribution is 5.85. The van der Waals surface area contributed by atoms with Crippen molar-refractivity contribution in [3.63, 3.8) is 0 Å². The molecule has 0 fully saturated rings. The van der Waals surface area contributed by atoms with Crippen molar-refractivity contribution in [1.82, 2.24) is 4.98 Å². The highest BCUT2D eigenvalue weighted by Crippen LogP contribution is 2.25. The summed E-state index contributed by atoms with van der Waals surface area (Å²) in [5.41, 5.74) is -0.477. The van der Waals surface area contributed by atoms with Gasteiger partial charge in [-0.15, -0.1) is 0 Å². The van der Waals surface area contributed by atoms with Crippen molar-refractivity contribution >= 4 is 6.29 Å². The van der Waals surface area contributed by atoms with Crippen LogP contribution in [0.25, 0.3) is 11.1 Å². The summed E-state index contributed by atoms with van der Waals surface area (Å²) in [4.78, 5) is 24.0. The largest absolute Gasteiger partial charge is 0.319 e. The molecule has 0 unspecified atom stereocenters. The lowest BCUT2D eigenvalue weighted by Gasteiger charge is -2.06. The number of aromatic amines is 1. The van der Waals surface area contributed by atoms with E-state index in [1.165, 1.54) is 18.2 Å². The zero-order valence-corrected chi connectivity index (χ0v) is 8.54. The summed E-state index contributed by atoms with van der Waals surface area (Å²) in [6, 6.07) is 6.06. The Morgan fingerprint density at radius 2 is 1.82 bits per heavy atom. The number of H-pyrrole nitrogens is 1. The molecular formula is C12H7F2NO2. The number of rotatable bonds is 2. The number of hydrogen-bond donors (Lipinski definition) is 1. The van der Waals surface area contributed by atoms with Crippen LogP contribution in [0.4, 0.5) is 8.78 Å². The molecule has 3 nitrogen and oxygen atoms in total. The van der Waals surface area contributed by atoms with Crippen LogP contribution in [0, 0.1) is 11.6 Å². The first-order valence-electron chi connectivity index (χ1n) is 4.76. The van der Waals surface area contributed by atoms with Gasteiger partial charge < -0.3 is 4.98 Å². The molecule has 0 radical (unpaired) electrons. The molecule has 1 aromatic heterocycles. The molecule has 1 heterocycles. The van der Waals surface area contributed by atoms with E-state index in [1.54, 1.807) is 0 Å². The maximum absolute atomic E-state index is 13.5. The van der Waals surface area contributed by atoms with E-state index in [2.05, 4.69) is 4.98 Å². The van der Waals surface area contributed by atoms with Crippen LogP contribution in [-0.2, 0) is 0 Å². The molecule has 0 amide bonds. The molecule has 2 aromatic rings. The average Bonchev–Trinajstić information content (AvgIpc) is 2.33. The summed E-state index contributed by atoms with van der Waals surface area (Å²) in [7, 11) is 0. The molecule has 0 aliphatic heterocycles. The lowest BCUT2D eigenvalue weighted by Crippen LogP contribution is -2.08. The number of pyridine rings is 1. The van der Waals surface area contributed by atoms with Crippen molar-refractivity contribution in [3.8, 4) is 11.1 Å². The lowest BCUT2D eigenvalue weighted by atomic mass is 10.0. The van der Waals surface area contributed by atoms with E-state index in [0.717, 1.165) is 12.1 Å². The van der Waals surface area contributed by atoms with Crippen LogP contribution in [0.1, 0.15) is 10.5 Å². The third-order valence-corrected chi connectivity index (χ3v) is 2.31. The van der Waals surface area contributed by atoms with E-state index in [0.29, 0.717) is 6.29 Å². The molecule has 0 spiro atoms. The van der Waals surface area contributed by atoms with Crippen LogP contribution in [-0.4, -0.2) is 11.3 Å². The highest BCUT2D eigenvalue weighted by atomic mass is 19.2. The average molecular weight is 235 g/mol. The first-order chi connectivity index (χ1) is 8.13. The van der Waals surface area contributed by atoms with E-state index in [9.17, 15) is 18.4 Å². The monoisotopic (exact) mass is 235 g/mol. The number of halogens is 2. The second-order valence-corrected chi connectivity index (χ2v) is 3.37. The minimum absolute atomic E-state index is 0.0663. The summed E-state index contributed by atoms with van der Waals surface area (Å²) in [6.45, 7) is 0. The van der Waals surface area contributed by atoms with Gasteiger partial charge in [0.2, 0.25) is 5.56 Å². The molecule has 17 heavy (non-hydrogen) atoms. The topological polar surface area (TPSA) is 49.9 Å². The smallest absolute Gasteiger partial charge is 0.248 e. The Bertz CT molecular complexity index is 635. The Morgan fingerprint density at radius 1 is 1.06 bits per heavy atom. The summed E-state index contributed by atoms with van der Waals surface area (Å²) in [5, 5.41) is 0. The van der Waals surface area contributed by atoms with Gasteiger partial charge >= 0.3 is 0 Å². The lowest BCUT2D eigenvalue weighted by molar-refractivity contribution is 0.111. The SMILES string of the molecule is O=Cc1[nH]c(=O)ccc1-c1cccc(F)c1F. The predicted molar refractivity (Wildman–Crippen MR) is 57.8 cm³/mol. The molecule has 0 aliphatic carbocycles. The van der Waals surface area contributed by atoms with E-state index >= 15 is 0 Å². The van der Waals surface area contributed by atoms with Gasteiger partial charge in [-0.3, -0.25) is 9.59 Å². The van der Waals surface area contributed by atoms with Crippen LogP contribution in [0.3, 0.4) is 0 Å². The molecule has 0 atom stereocenters. The second kappa shape index (κ2) is 4.29. The third-order valence-electron chi connectivity index (χ3n) is 2.31. The van der Waals surface area contributed by atoms with Crippen molar-refractivity contribution in [2.75, 3.05) is 0 Å². The zero-order chi connectivity index (χ0) is 12.4. The van der Waals surface area contributed by atoms with Gasteiger partial charge in [-0.1, -0.05) is 12.1 Å². The molecule has 1 aromatic carbocycles. The fourth-order valence-electron chi connectivity index (χ4n) is 1.53. The summed E-state index contributed by atoms with van der Waals surface area (Å²) < 4.78 is 26.6. The zero-order valence-electron chi connectivity index (χ0n) is 8.54. The number of benzene rings is 1. The van der Waals surface area contributed by atoms with Gasteiger partial charge in [-0.05, 0) is 12.1 Å². The van der Waals surface area contributed by atoms with Crippen LogP contribution < -0.4 is 5.56 Å². The van der Waals surface area contributed by atoms with Gasteiger partial charge in [-0.25, -0.2) is 8.78 Å². The third kappa shape index (κ3) is 1.99. The Hall–Kier alpha value is -2.30. The highest BCUT2D eigenvalue weighted by Gasteiger charge is 2.13. The van der Waals surface area contributed by atoms with E-state index in [1.807, 2.05) is 0 Å². The second-order valence-electron chi connectivity index (χ2n) is 3.37. The molecule has 86 valence electrons. The summed E-state index contributed by atoms with van der Waals surface area (Å²) in [6.07, 6.45) is 0.390. The van der Waals surface area contributed by atoms with E-state index < -0.39 is 17.2 Å². The number of carbonyl (C=O) groups is 1. The molecule has 0 saturated heterocycles. The Kier molecular flexibility index (Phi) is 2.82. The van der Waals surface area contributed by atoms with Crippen LogP contribution in [0.15, 0.2) is 35.1 Å². The summed E-state index contributed by atoms with van der Waals surface area (Å²) in [5.74, 6) is -2.06. The summed E-state index contributed by atoms with van der Waals surface area (Å²) >= 11 is 0. The van der Waals surface area contributed by atoms with Crippen molar-refractivity contribution in [2.45, 2.75) is 0 Å². The molecule has 0 bridgehead atoms. The molecule has 0 saturated carbocycles. The van der Waals surface area contributed by atoms with E-state index in [4.69, 9.17) is 0 Å². The van der Waals surface area contributed by atoms with Gasteiger partial charge in [0.15, 0.2) is 17.9 Å². The van der Waals surface area contributed by atoms with Gasteiger partial charge in [-0.2, -0.15) is 0 Å². The van der Waals surface area contributed by atoms with Crippen LogP contribution in [0.2, 0.25) is 0 Å². The van der Waals surface area contributed by atoms with Crippen LogP contribution in [0.5, 0.6) is 0 Å². The minimum Gasteiger partial charge on any atom is -0.319 e. The number of hydrogen-bond acceptors (Lipinski definition) is 2. The van der Waals surface area contributed by atoms with Crippen molar-refractivity contribution in [2.24, 2.45) is 0 Å². The van der Waals surface area contributed by atoms with Crippen molar-refractivity contribution < 1.29 is 13.6 Å². The quantitative estimate of drug-likeness (QED) is 0.810. The van der Waals surface area contributed by atoms with Gasteiger partial charge in [0.05, 0.1) is 5.69 Å². The Balaban J connectivity index is 2.72. The molecule has 2 rings (SSSR count). The van der Waals surface area contributed by atoms with Gasteiger partial charge in [0.1, 0.15) is 0 Å². The molecule has 0 aliphatic rings. The fraction of sp³-hybridized carbons (Fsp3) is 0. The molecule has 5 heteroatoms. The number of carbonyl (C=O) groups excluding carboxylic acids is 1. The number of aromatic nitrogens is 1. The van der Waals surface area contributed by atoms with Gasteiger partial charge in [0.25, 0.3) is 0 Å². The van der Waals surface area contributed by atoms with Crippen molar-refractivity contribution in [3.05, 3.63) is 58.0 Å². The predicted octanol–water partition coefficient (Wildman–Crippen LogP) is 2.13. The van der Waals surface area contributed by atoms with Crippen LogP contribution >= 0.6 is 0 Å².